The van der Waals surface area contributed by atoms with Crippen LogP contribution in [0.5, 0.6) is 0 Å². The topological polar surface area (TPSA) is 79.3 Å². The van der Waals surface area contributed by atoms with Crippen LogP contribution in [0, 0.1) is 0 Å². The zero-order valence-electron chi connectivity index (χ0n) is 8.60. The second-order valence-electron chi connectivity index (χ2n) is 3.84. The van der Waals surface area contributed by atoms with E-state index in [0.29, 0.717) is 0 Å². The van der Waals surface area contributed by atoms with Gasteiger partial charge in [-0.3, -0.25) is 4.79 Å². The molecule has 0 bridgehead atoms. The van der Waals surface area contributed by atoms with Crippen molar-refractivity contribution >= 4 is 23.4 Å². The second kappa shape index (κ2) is 4.61. The first kappa shape index (κ1) is 11.1. The van der Waals surface area contributed by atoms with E-state index in [-0.39, 0.29) is 22.5 Å². The second-order valence-corrected chi connectivity index (χ2v) is 4.64. The summed E-state index contributed by atoms with van der Waals surface area (Å²) in [7, 11) is 0. The van der Waals surface area contributed by atoms with Crippen LogP contribution >= 0.6 is 11.5 Å². The molecule has 0 aliphatic heterocycles. The van der Waals surface area contributed by atoms with Gasteiger partial charge in [0.1, 0.15) is 10.6 Å². The third-order valence-electron chi connectivity index (χ3n) is 2.64. The molecule has 0 aromatic carbocycles. The van der Waals surface area contributed by atoms with Crippen LogP contribution in [0.25, 0.3) is 0 Å². The minimum atomic E-state index is -1.04. The van der Waals surface area contributed by atoms with Crippen LogP contribution in [0.15, 0.2) is 6.07 Å². The molecule has 16 heavy (non-hydrogen) atoms. The zero-order valence-corrected chi connectivity index (χ0v) is 9.42. The maximum atomic E-state index is 11.7. The molecular formula is C10H12N2O3S. The number of aromatic carboxylic acids is 1. The molecule has 1 aliphatic rings. The Morgan fingerprint density at radius 1 is 1.44 bits per heavy atom. The lowest BCUT2D eigenvalue weighted by Gasteiger charge is -2.09. The molecule has 1 heterocycles. The lowest BCUT2D eigenvalue weighted by atomic mass is 10.2. The highest BCUT2D eigenvalue weighted by Crippen LogP contribution is 2.18. The van der Waals surface area contributed by atoms with E-state index in [1.807, 2.05) is 0 Å². The molecule has 1 aromatic rings. The van der Waals surface area contributed by atoms with Gasteiger partial charge in [-0.2, -0.15) is 4.37 Å². The van der Waals surface area contributed by atoms with Crippen molar-refractivity contribution < 1.29 is 14.7 Å². The van der Waals surface area contributed by atoms with Crippen LogP contribution in [0.1, 0.15) is 45.8 Å². The highest BCUT2D eigenvalue weighted by molar-refractivity contribution is 7.08. The number of hydrogen-bond acceptors (Lipinski definition) is 4. The summed E-state index contributed by atoms with van der Waals surface area (Å²) < 4.78 is 3.83. The van der Waals surface area contributed by atoms with E-state index >= 15 is 0 Å². The molecule has 5 nitrogen and oxygen atoms in total. The van der Waals surface area contributed by atoms with Crippen LogP contribution in [0.3, 0.4) is 0 Å². The Morgan fingerprint density at radius 2 is 2.12 bits per heavy atom. The van der Waals surface area contributed by atoms with E-state index in [1.165, 1.54) is 6.07 Å². The van der Waals surface area contributed by atoms with Crippen LogP contribution in [0.2, 0.25) is 0 Å². The maximum Gasteiger partial charge on any atom is 0.347 e. The van der Waals surface area contributed by atoms with Gasteiger partial charge in [0.15, 0.2) is 0 Å². The molecule has 2 N–H and O–H groups in total. The maximum absolute atomic E-state index is 11.7. The van der Waals surface area contributed by atoms with Crippen molar-refractivity contribution in [3.05, 3.63) is 16.6 Å². The summed E-state index contributed by atoms with van der Waals surface area (Å²) in [5.41, 5.74) is 0.203. The molecule has 0 unspecified atom stereocenters. The number of aromatic nitrogens is 1. The van der Waals surface area contributed by atoms with Crippen LogP contribution in [-0.4, -0.2) is 27.4 Å². The fourth-order valence-corrected chi connectivity index (χ4v) is 2.39. The normalized spacial score (nSPS) is 16.2. The molecule has 6 heteroatoms. The third kappa shape index (κ3) is 2.38. The van der Waals surface area contributed by atoms with Crippen LogP contribution in [-0.2, 0) is 0 Å². The number of nitrogens with one attached hydrogen (secondary N) is 1. The highest BCUT2D eigenvalue weighted by Gasteiger charge is 2.20. The minimum absolute atomic E-state index is 0.0940. The van der Waals surface area contributed by atoms with Crippen molar-refractivity contribution in [2.45, 2.75) is 31.7 Å². The van der Waals surface area contributed by atoms with Crippen molar-refractivity contribution in [2.24, 2.45) is 0 Å². The van der Waals surface area contributed by atoms with Crippen LogP contribution in [0.4, 0.5) is 0 Å². The first-order valence-corrected chi connectivity index (χ1v) is 5.95. The Hall–Kier alpha value is -1.43. The van der Waals surface area contributed by atoms with Crippen molar-refractivity contribution in [3.63, 3.8) is 0 Å². The van der Waals surface area contributed by atoms with E-state index in [0.717, 1.165) is 37.2 Å². The van der Waals surface area contributed by atoms with E-state index in [2.05, 4.69) is 9.69 Å². The summed E-state index contributed by atoms with van der Waals surface area (Å²) in [6.45, 7) is 0. The van der Waals surface area contributed by atoms with Crippen molar-refractivity contribution in [1.82, 2.24) is 9.69 Å². The number of amides is 1. The lowest BCUT2D eigenvalue weighted by Crippen LogP contribution is -2.32. The van der Waals surface area contributed by atoms with E-state index in [4.69, 9.17) is 5.11 Å². The zero-order chi connectivity index (χ0) is 11.5. The van der Waals surface area contributed by atoms with Gasteiger partial charge in [-0.25, -0.2) is 4.79 Å². The average molecular weight is 240 g/mol. The van der Waals surface area contributed by atoms with Gasteiger partial charge in [0.05, 0.1) is 0 Å². The number of hydrogen-bond donors (Lipinski definition) is 2. The molecular weight excluding hydrogens is 228 g/mol. The van der Waals surface area contributed by atoms with Gasteiger partial charge in [0, 0.05) is 6.04 Å². The molecule has 2 rings (SSSR count). The molecule has 0 atom stereocenters. The number of carbonyl (C=O) groups is 2. The Bertz CT molecular complexity index is 410. The summed E-state index contributed by atoms with van der Waals surface area (Å²) in [6.07, 6.45) is 4.29. The van der Waals surface area contributed by atoms with Gasteiger partial charge in [-0.1, -0.05) is 12.8 Å². The van der Waals surface area contributed by atoms with E-state index in [9.17, 15) is 9.59 Å². The van der Waals surface area contributed by atoms with Gasteiger partial charge >= 0.3 is 5.97 Å². The van der Waals surface area contributed by atoms with Gasteiger partial charge in [-0.05, 0) is 30.4 Å². The molecule has 1 amide bonds. The standard InChI is InChI=1S/C10H12N2O3S/c13-9(11-6-3-1-2-4-6)7-5-8(10(14)15)16-12-7/h5-6H,1-4H2,(H,11,13)(H,14,15). The van der Waals surface area contributed by atoms with E-state index < -0.39 is 5.97 Å². The van der Waals surface area contributed by atoms with Gasteiger partial charge in [0.2, 0.25) is 0 Å². The predicted octanol–water partition coefficient (Wildman–Crippen LogP) is 1.51. The summed E-state index contributed by atoms with van der Waals surface area (Å²) in [5.74, 6) is -1.31. The van der Waals surface area contributed by atoms with Crippen molar-refractivity contribution in [1.29, 1.82) is 0 Å². The monoisotopic (exact) mass is 240 g/mol. The smallest absolute Gasteiger partial charge is 0.347 e. The van der Waals surface area contributed by atoms with Gasteiger partial charge in [-0.15, -0.1) is 0 Å². The largest absolute Gasteiger partial charge is 0.477 e. The molecule has 86 valence electrons. The number of carboxylic acid groups (broad SMARTS) is 1. The Kier molecular flexibility index (Phi) is 3.19. The number of rotatable bonds is 3. The first-order chi connectivity index (χ1) is 7.66. The number of carbonyl (C=O) groups excluding carboxylic acids is 1. The third-order valence-corrected chi connectivity index (χ3v) is 3.42. The van der Waals surface area contributed by atoms with Crippen LogP contribution < -0.4 is 5.32 Å². The molecule has 0 radical (unpaired) electrons. The Labute approximate surface area is 96.6 Å². The lowest BCUT2D eigenvalue weighted by molar-refractivity contribution is 0.0702. The number of nitrogens with zero attached hydrogens (tertiary/aromatic N) is 1. The van der Waals surface area contributed by atoms with Gasteiger partial charge in [0.25, 0.3) is 5.91 Å². The summed E-state index contributed by atoms with van der Waals surface area (Å²) in [6, 6.07) is 1.54. The highest BCUT2D eigenvalue weighted by atomic mass is 32.1. The SMILES string of the molecule is O=C(NC1CCCC1)c1cc(C(=O)O)sn1. The predicted molar refractivity (Wildman–Crippen MR) is 58.8 cm³/mol. The quantitative estimate of drug-likeness (QED) is 0.839. The fraction of sp³-hybridized carbons (Fsp3) is 0.500. The molecule has 1 fully saturated rings. The fourth-order valence-electron chi connectivity index (χ4n) is 1.81. The first-order valence-electron chi connectivity index (χ1n) is 5.17. The summed E-state index contributed by atoms with van der Waals surface area (Å²) >= 11 is 0.834. The van der Waals surface area contributed by atoms with Gasteiger partial charge < -0.3 is 10.4 Å². The summed E-state index contributed by atoms with van der Waals surface area (Å²) in [4.78, 5) is 22.4. The van der Waals surface area contributed by atoms with Crippen molar-refractivity contribution in [2.75, 3.05) is 0 Å². The molecule has 0 saturated heterocycles. The molecule has 1 aliphatic carbocycles. The van der Waals surface area contributed by atoms with Crippen molar-refractivity contribution in [3.8, 4) is 0 Å². The summed E-state index contributed by atoms with van der Waals surface area (Å²) in [5, 5.41) is 11.6. The average Bonchev–Trinajstić information content (AvgIpc) is 2.86. The van der Waals surface area contributed by atoms with E-state index in [1.54, 1.807) is 0 Å². The molecule has 1 aromatic heterocycles. The molecule has 1 saturated carbocycles. The molecule has 0 spiro atoms. The minimum Gasteiger partial charge on any atom is -0.477 e. The Morgan fingerprint density at radius 3 is 2.69 bits per heavy atom. The Balaban J connectivity index is 1.99. The number of carboxylic acids is 1.